The molecule has 4 heteroatoms. The molecule has 0 radical (unpaired) electrons. The molecular formula is C12H18ClN3. The zero-order chi connectivity index (χ0) is 11.5. The van der Waals surface area contributed by atoms with Crippen LogP contribution < -0.4 is 10.6 Å². The predicted octanol–water partition coefficient (Wildman–Crippen LogP) is 2.94. The van der Waals surface area contributed by atoms with Crippen LogP contribution in [0.15, 0.2) is 12.3 Å². The van der Waals surface area contributed by atoms with Crippen molar-refractivity contribution in [2.75, 3.05) is 23.7 Å². The Morgan fingerprint density at radius 2 is 2.19 bits per heavy atom. The van der Waals surface area contributed by atoms with E-state index in [9.17, 15) is 0 Å². The van der Waals surface area contributed by atoms with Crippen LogP contribution in [0.3, 0.4) is 0 Å². The summed E-state index contributed by atoms with van der Waals surface area (Å²) in [5.74, 6) is 1.74. The lowest BCUT2D eigenvalue weighted by Gasteiger charge is -2.32. The molecule has 0 spiro atoms. The summed E-state index contributed by atoms with van der Waals surface area (Å²) >= 11 is 6.15. The molecule has 1 aliphatic heterocycles. The number of nitrogen functional groups attached to an aromatic ring is 1. The number of pyridine rings is 1. The SMILES string of the molecule is CCC1CCN(c2ncc(N)cc2Cl)CC1. The van der Waals surface area contributed by atoms with E-state index in [4.69, 9.17) is 17.3 Å². The van der Waals surface area contributed by atoms with Gasteiger partial charge in [-0.15, -0.1) is 0 Å². The number of aromatic nitrogens is 1. The van der Waals surface area contributed by atoms with Crippen molar-refractivity contribution in [1.82, 2.24) is 4.98 Å². The van der Waals surface area contributed by atoms with Gasteiger partial charge in [-0.25, -0.2) is 4.98 Å². The molecule has 1 aromatic heterocycles. The van der Waals surface area contributed by atoms with Gasteiger partial charge in [0.05, 0.1) is 16.9 Å². The fourth-order valence-electron chi connectivity index (χ4n) is 2.23. The van der Waals surface area contributed by atoms with Gasteiger partial charge in [0, 0.05) is 13.1 Å². The quantitative estimate of drug-likeness (QED) is 0.863. The van der Waals surface area contributed by atoms with Crippen LogP contribution in [0.5, 0.6) is 0 Å². The summed E-state index contributed by atoms with van der Waals surface area (Å²) in [4.78, 5) is 6.58. The lowest BCUT2D eigenvalue weighted by Crippen LogP contribution is -2.34. The van der Waals surface area contributed by atoms with Gasteiger partial charge in [-0.05, 0) is 24.8 Å². The molecule has 16 heavy (non-hydrogen) atoms. The highest BCUT2D eigenvalue weighted by Gasteiger charge is 2.20. The average Bonchev–Trinajstić information content (AvgIpc) is 2.29. The lowest BCUT2D eigenvalue weighted by molar-refractivity contribution is 0.394. The zero-order valence-electron chi connectivity index (χ0n) is 9.62. The fourth-order valence-corrected chi connectivity index (χ4v) is 2.53. The van der Waals surface area contributed by atoms with Crippen LogP contribution in [0.4, 0.5) is 11.5 Å². The number of piperidine rings is 1. The Bertz CT molecular complexity index is 359. The molecule has 2 heterocycles. The summed E-state index contributed by atoms with van der Waals surface area (Å²) in [5, 5.41) is 0.662. The summed E-state index contributed by atoms with van der Waals surface area (Å²) in [6.45, 7) is 4.36. The molecule has 0 bridgehead atoms. The first-order chi connectivity index (χ1) is 7.70. The Balaban J connectivity index is 2.08. The van der Waals surface area contributed by atoms with Gasteiger partial charge in [-0.1, -0.05) is 24.9 Å². The topological polar surface area (TPSA) is 42.2 Å². The van der Waals surface area contributed by atoms with E-state index in [-0.39, 0.29) is 0 Å². The summed E-state index contributed by atoms with van der Waals surface area (Å²) in [7, 11) is 0. The molecule has 1 aliphatic rings. The van der Waals surface area contributed by atoms with Gasteiger partial charge in [-0.2, -0.15) is 0 Å². The van der Waals surface area contributed by atoms with Gasteiger partial charge in [0.15, 0.2) is 0 Å². The van der Waals surface area contributed by atoms with Crippen LogP contribution in [0, 0.1) is 5.92 Å². The first kappa shape index (κ1) is 11.5. The number of hydrogen-bond donors (Lipinski definition) is 1. The van der Waals surface area contributed by atoms with Gasteiger partial charge in [-0.3, -0.25) is 0 Å². The van der Waals surface area contributed by atoms with Gasteiger partial charge in [0.25, 0.3) is 0 Å². The van der Waals surface area contributed by atoms with E-state index in [1.54, 1.807) is 12.3 Å². The minimum atomic E-state index is 0.622. The van der Waals surface area contributed by atoms with Crippen molar-refractivity contribution < 1.29 is 0 Å². The van der Waals surface area contributed by atoms with E-state index in [1.165, 1.54) is 19.3 Å². The molecule has 2 rings (SSSR count). The zero-order valence-corrected chi connectivity index (χ0v) is 10.4. The van der Waals surface area contributed by atoms with Crippen LogP contribution in [0.25, 0.3) is 0 Å². The summed E-state index contributed by atoms with van der Waals surface area (Å²) in [5.41, 5.74) is 6.26. The Kier molecular flexibility index (Phi) is 3.54. The number of anilines is 2. The highest BCUT2D eigenvalue weighted by atomic mass is 35.5. The Labute approximate surface area is 102 Å². The van der Waals surface area contributed by atoms with Crippen LogP contribution in [-0.2, 0) is 0 Å². The highest BCUT2D eigenvalue weighted by molar-refractivity contribution is 6.33. The smallest absolute Gasteiger partial charge is 0.147 e. The first-order valence-electron chi connectivity index (χ1n) is 5.86. The molecule has 0 saturated carbocycles. The van der Waals surface area contributed by atoms with Crippen molar-refractivity contribution in [1.29, 1.82) is 0 Å². The third-order valence-corrected chi connectivity index (χ3v) is 3.61. The second kappa shape index (κ2) is 4.91. The van der Waals surface area contributed by atoms with Crippen LogP contribution >= 0.6 is 11.6 Å². The Hall–Kier alpha value is -0.960. The third kappa shape index (κ3) is 2.40. The van der Waals surface area contributed by atoms with Gasteiger partial charge in [0.2, 0.25) is 0 Å². The minimum absolute atomic E-state index is 0.622. The maximum atomic E-state index is 6.15. The maximum Gasteiger partial charge on any atom is 0.147 e. The monoisotopic (exact) mass is 239 g/mol. The van der Waals surface area contributed by atoms with Crippen LogP contribution in [-0.4, -0.2) is 18.1 Å². The molecular weight excluding hydrogens is 222 g/mol. The standard InChI is InChI=1S/C12H18ClN3/c1-2-9-3-5-16(6-4-9)12-11(13)7-10(14)8-15-12/h7-9H,2-6,14H2,1H3. The molecule has 0 amide bonds. The first-order valence-corrected chi connectivity index (χ1v) is 6.24. The van der Waals surface area contributed by atoms with Crippen molar-refractivity contribution >= 4 is 23.1 Å². The lowest BCUT2D eigenvalue weighted by atomic mass is 9.94. The maximum absolute atomic E-state index is 6.15. The van der Waals surface area contributed by atoms with Crippen molar-refractivity contribution in [2.24, 2.45) is 5.92 Å². The Morgan fingerprint density at radius 1 is 1.50 bits per heavy atom. The van der Waals surface area contributed by atoms with E-state index >= 15 is 0 Å². The van der Waals surface area contributed by atoms with E-state index in [0.29, 0.717) is 10.7 Å². The van der Waals surface area contributed by atoms with Gasteiger partial charge >= 0.3 is 0 Å². The molecule has 2 N–H and O–H groups in total. The third-order valence-electron chi connectivity index (χ3n) is 3.33. The highest BCUT2D eigenvalue weighted by Crippen LogP contribution is 2.29. The number of halogens is 1. The summed E-state index contributed by atoms with van der Waals surface area (Å²) < 4.78 is 0. The summed E-state index contributed by atoms with van der Waals surface area (Å²) in [6.07, 6.45) is 5.42. The van der Waals surface area contributed by atoms with Crippen molar-refractivity contribution in [3.63, 3.8) is 0 Å². The number of hydrogen-bond acceptors (Lipinski definition) is 3. The minimum Gasteiger partial charge on any atom is -0.397 e. The molecule has 0 atom stereocenters. The normalized spacial score (nSPS) is 17.8. The molecule has 1 saturated heterocycles. The molecule has 0 aromatic carbocycles. The van der Waals surface area contributed by atoms with Crippen molar-refractivity contribution in [3.05, 3.63) is 17.3 Å². The molecule has 0 unspecified atom stereocenters. The largest absolute Gasteiger partial charge is 0.397 e. The van der Waals surface area contributed by atoms with Crippen molar-refractivity contribution in [2.45, 2.75) is 26.2 Å². The number of rotatable bonds is 2. The van der Waals surface area contributed by atoms with E-state index < -0.39 is 0 Å². The van der Waals surface area contributed by atoms with E-state index in [0.717, 1.165) is 24.8 Å². The Morgan fingerprint density at radius 3 is 2.75 bits per heavy atom. The van der Waals surface area contributed by atoms with Crippen LogP contribution in [0.1, 0.15) is 26.2 Å². The number of nitrogens with two attached hydrogens (primary N) is 1. The molecule has 0 aliphatic carbocycles. The number of nitrogens with zero attached hydrogens (tertiary/aromatic N) is 2. The van der Waals surface area contributed by atoms with E-state index in [1.807, 2.05) is 0 Å². The van der Waals surface area contributed by atoms with Gasteiger partial charge in [0.1, 0.15) is 5.82 Å². The van der Waals surface area contributed by atoms with Crippen LogP contribution in [0.2, 0.25) is 5.02 Å². The predicted molar refractivity (Wildman–Crippen MR) is 68.9 cm³/mol. The molecule has 88 valence electrons. The average molecular weight is 240 g/mol. The molecule has 1 aromatic rings. The van der Waals surface area contributed by atoms with Crippen molar-refractivity contribution in [3.8, 4) is 0 Å². The van der Waals surface area contributed by atoms with Gasteiger partial charge < -0.3 is 10.6 Å². The fraction of sp³-hybridized carbons (Fsp3) is 0.583. The summed E-state index contributed by atoms with van der Waals surface area (Å²) in [6, 6.07) is 1.77. The second-order valence-electron chi connectivity index (χ2n) is 4.41. The second-order valence-corrected chi connectivity index (χ2v) is 4.82. The van der Waals surface area contributed by atoms with E-state index in [2.05, 4.69) is 16.8 Å². The molecule has 1 fully saturated rings. The molecule has 3 nitrogen and oxygen atoms in total.